The van der Waals surface area contributed by atoms with Crippen LogP contribution in [0.3, 0.4) is 0 Å². The molecule has 0 radical (unpaired) electrons. The molecule has 0 aliphatic rings. The van der Waals surface area contributed by atoms with Crippen LogP contribution in [0, 0.1) is 6.92 Å². The summed E-state index contributed by atoms with van der Waals surface area (Å²) in [5.74, 6) is 1.03. The first kappa shape index (κ1) is 14.3. The molecule has 4 heteroatoms. The third kappa shape index (κ3) is 2.86. The van der Waals surface area contributed by atoms with Crippen LogP contribution in [0.15, 0.2) is 48.5 Å². The minimum absolute atomic E-state index is 0.602. The Labute approximate surface area is 129 Å². The molecule has 2 aromatic carbocycles. The van der Waals surface area contributed by atoms with E-state index in [2.05, 4.69) is 35.0 Å². The smallest absolute Gasteiger partial charge is 0.207 e. The Morgan fingerprint density at radius 3 is 2.73 bits per heavy atom. The summed E-state index contributed by atoms with van der Waals surface area (Å²) in [5.41, 5.74) is 4.61. The molecule has 0 saturated heterocycles. The highest BCUT2D eigenvalue weighted by atomic mass is 16.1. The predicted molar refractivity (Wildman–Crippen MR) is 87.8 cm³/mol. The van der Waals surface area contributed by atoms with Crippen LogP contribution in [-0.2, 0) is 17.8 Å². The maximum Gasteiger partial charge on any atom is 0.207 e. The molecule has 0 saturated carbocycles. The lowest BCUT2D eigenvalue weighted by Crippen LogP contribution is -2.19. The van der Waals surface area contributed by atoms with E-state index < -0.39 is 0 Å². The average Bonchev–Trinajstić information content (AvgIpc) is 2.87. The van der Waals surface area contributed by atoms with Crippen LogP contribution in [0.1, 0.15) is 17.0 Å². The molecular formula is C18H19N3O. The van der Waals surface area contributed by atoms with E-state index in [0.717, 1.165) is 36.2 Å². The van der Waals surface area contributed by atoms with Gasteiger partial charge in [-0.05, 0) is 24.1 Å². The van der Waals surface area contributed by atoms with Gasteiger partial charge in [0.2, 0.25) is 6.41 Å². The van der Waals surface area contributed by atoms with Crippen LogP contribution in [0.5, 0.6) is 0 Å². The minimum atomic E-state index is 0.602. The van der Waals surface area contributed by atoms with E-state index in [1.807, 2.05) is 30.3 Å². The number of carbonyl (C=O) groups is 1. The van der Waals surface area contributed by atoms with Gasteiger partial charge in [-0.2, -0.15) is 0 Å². The molecule has 1 N–H and O–H groups in total. The fraction of sp³-hybridized carbons (Fsp3) is 0.222. The SMILES string of the molecule is Cc1cccc2nc(Cc3ccccc3)n(CCNC=O)c12. The van der Waals surface area contributed by atoms with Crippen LogP contribution in [0.4, 0.5) is 0 Å². The zero-order valence-electron chi connectivity index (χ0n) is 12.6. The number of nitrogens with zero attached hydrogens (tertiary/aromatic N) is 2. The second-order valence-electron chi connectivity index (χ2n) is 5.36. The molecule has 0 bridgehead atoms. The Bertz CT molecular complexity index is 778. The van der Waals surface area contributed by atoms with Gasteiger partial charge in [-0.25, -0.2) is 4.98 Å². The predicted octanol–water partition coefficient (Wildman–Crippen LogP) is 2.68. The molecule has 4 nitrogen and oxygen atoms in total. The number of fused-ring (bicyclic) bond motifs is 1. The summed E-state index contributed by atoms with van der Waals surface area (Å²) in [6, 6.07) is 16.5. The van der Waals surface area contributed by atoms with Crippen molar-refractivity contribution >= 4 is 17.4 Å². The highest BCUT2D eigenvalue weighted by molar-refractivity contribution is 5.79. The zero-order chi connectivity index (χ0) is 15.4. The topological polar surface area (TPSA) is 46.9 Å². The molecule has 1 aromatic heterocycles. The Morgan fingerprint density at radius 1 is 1.14 bits per heavy atom. The number of hydrogen-bond acceptors (Lipinski definition) is 2. The molecule has 0 aliphatic heterocycles. The van der Waals surface area contributed by atoms with E-state index in [1.54, 1.807) is 0 Å². The van der Waals surface area contributed by atoms with E-state index in [9.17, 15) is 4.79 Å². The first-order chi connectivity index (χ1) is 10.8. The lowest BCUT2D eigenvalue weighted by molar-refractivity contribution is -0.109. The first-order valence-corrected chi connectivity index (χ1v) is 7.45. The van der Waals surface area contributed by atoms with Gasteiger partial charge in [-0.1, -0.05) is 42.5 Å². The highest BCUT2D eigenvalue weighted by Crippen LogP contribution is 2.21. The summed E-state index contributed by atoms with van der Waals surface area (Å²) in [6.07, 6.45) is 1.53. The van der Waals surface area contributed by atoms with Crippen LogP contribution >= 0.6 is 0 Å². The van der Waals surface area contributed by atoms with Crippen molar-refractivity contribution in [2.75, 3.05) is 6.54 Å². The molecule has 0 fully saturated rings. The largest absolute Gasteiger partial charge is 0.357 e. The van der Waals surface area contributed by atoms with Crippen LogP contribution in [0.25, 0.3) is 11.0 Å². The Morgan fingerprint density at radius 2 is 1.95 bits per heavy atom. The molecule has 112 valence electrons. The first-order valence-electron chi connectivity index (χ1n) is 7.45. The van der Waals surface area contributed by atoms with Crippen molar-refractivity contribution in [1.82, 2.24) is 14.9 Å². The number of carbonyl (C=O) groups excluding carboxylic acids is 1. The number of hydrogen-bond donors (Lipinski definition) is 1. The van der Waals surface area contributed by atoms with Crippen LogP contribution in [-0.4, -0.2) is 22.5 Å². The number of rotatable bonds is 6. The number of aryl methyl sites for hydroxylation is 1. The van der Waals surface area contributed by atoms with Gasteiger partial charge in [0.1, 0.15) is 5.82 Å². The van der Waals surface area contributed by atoms with Crippen molar-refractivity contribution < 1.29 is 4.79 Å². The van der Waals surface area contributed by atoms with E-state index in [4.69, 9.17) is 4.98 Å². The number of nitrogens with one attached hydrogen (secondary N) is 1. The normalized spacial score (nSPS) is 10.8. The van der Waals surface area contributed by atoms with Crippen molar-refractivity contribution in [3.8, 4) is 0 Å². The molecule has 0 atom stereocenters. The maximum absolute atomic E-state index is 10.5. The molecular weight excluding hydrogens is 274 g/mol. The van der Waals surface area contributed by atoms with Gasteiger partial charge in [0, 0.05) is 19.5 Å². The number of aromatic nitrogens is 2. The summed E-state index contributed by atoms with van der Waals surface area (Å²) in [4.78, 5) is 15.3. The van der Waals surface area contributed by atoms with Crippen LogP contribution in [0.2, 0.25) is 0 Å². The second-order valence-corrected chi connectivity index (χ2v) is 5.36. The van der Waals surface area contributed by atoms with Gasteiger partial charge in [-0.3, -0.25) is 4.79 Å². The van der Waals surface area contributed by atoms with Gasteiger partial charge in [0.25, 0.3) is 0 Å². The number of imidazole rings is 1. The van der Waals surface area contributed by atoms with Crippen molar-refractivity contribution in [3.63, 3.8) is 0 Å². The molecule has 3 aromatic rings. The van der Waals surface area contributed by atoms with Crippen molar-refractivity contribution in [1.29, 1.82) is 0 Å². The van der Waals surface area contributed by atoms with Gasteiger partial charge in [-0.15, -0.1) is 0 Å². The number of benzene rings is 2. The summed E-state index contributed by atoms with van der Waals surface area (Å²) in [6.45, 7) is 3.42. The fourth-order valence-electron chi connectivity index (χ4n) is 2.80. The Kier molecular flexibility index (Phi) is 4.19. The second kappa shape index (κ2) is 6.43. The van der Waals surface area contributed by atoms with Crippen molar-refractivity contribution in [3.05, 3.63) is 65.5 Å². The summed E-state index contributed by atoms with van der Waals surface area (Å²) in [7, 11) is 0. The van der Waals surface area contributed by atoms with E-state index in [0.29, 0.717) is 6.54 Å². The van der Waals surface area contributed by atoms with Gasteiger partial charge < -0.3 is 9.88 Å². The summed E-state index contributed by atoms with van der Waals surface area (Å²) >= 11 is 0. The van der Waals surface area contributed by atoms with E-state index in [1.165, 1.54) is 11.1 Å². The molecule has 0 unspecified atom stereocenters. The summed E-state index contributed by atoms with van der Waals surface area (Å²) in [5, 5.41) is 2.73. The monoisotopic (exact) mass is 293 g/mol. The molecule has 1 heterocycles. The molecule has 1 amide bonds. The fourth-order valence-corrected chi connectivity index (χ4v) is 2.80. The Hall–Kier alpha value is -2.62. The standard InChI is InChI=1S/C18H19N3O/c1-14-6-5-9-16-18(14)21(11-10-19-13-22)17(20-16)12-15-7-3-2-4-8-15/h2-9,13H,10-12H2,1H3,(H,19,22). The molecule has 22 heavy (non-hydrogen) atoms. The maximum atomic E-state index is 10.5. The molecule has 0 aliphatic carbocycles. The lowest BCUT2D eigenvalue weighted by Gasteiger charge is -2.10. The third-order valence-corrected chi connectivity index (χ3v) is 3.82. The Balaban J connectivity index is 2.02. The minimum Gasteiger partial charge on any atom is -0.357 e. The van der Waals surface area contributed by atoms with Crippen molar-refractivity contribution in [2.45, 2.75) is 19.9 Å². The van der Waals surface area contributed by atoms with Crippen LogP contribution < -0.4 is 5.32 Å². The number of para-hydroxylation sites is 1. The highest BCUT2D eigenvalue weighted by Gasteiger charge is 2.12. The van der Waals surface area contributed by atoms with E-state index >= 15 is 0 Å². The van der Waals surface area contributed by atoms with E-state index in [-0.39, 0.29) is 0 Å². The van der Waals surface area contributed by atoms with Gasteiger partial charge in [0.15, 0.2) is 0 Å². The zero-order valence-corrected chi connectivity index (χ0v) is 12.6. The molecule has 0 spiro atoms. The van der Waals surface area contributed by atoms with Gasteiger partial charge in [0.05, 0.1) is 11.0 Å². The number of amides is 1. The van der Waals surface area contributed by atoms with Crippen molar-refractivity contribution in [2.24, 2.45) is 0 Å². The lowest BCUT2D eigenvalue weighted by atomic mass is 10.1. The molecule has 3 rings (SSSR count). The quantitative estimate of drug-likeness (QED) is 0.561. The summed E-state index contributed by atoms with van der Waals surface area (Å²) < 4.78 is 2.22. The average molecular weight is 293 g/mol. The third-order valence-electron chi connectivity index (χ3n) is 3.82. The van der Waals surface area contributed by atoms with Gasteiger partial charge >= 0.3 is 0 Å².